The van der Waals surface area contributed by atoms with E-state index in [0.29, 0.717) is 0 Å². The zero-order chi connectivity index (χ0) is 8.55. The molecule has 0 aliphatic carbocycles. The highest BCUT2D eigenvalue weighted by molar-refractivity contribution is 7.13. The van der Waals surface area contributed by atoms with Crippen molar-refractivity contribution in [3.63, 3.8) is 0 Å². The quantitative estimate of drug-likeness (QED) is 0.676. The molecule has 0 fully saturated rings. The van der Waals surface area contributed by atoms with Crippen LogP contribution in [0.2, 0.25) is 0 Å². The first kappa shape index (κ1) is 7.49. The van der Waals surface area contributed by atoms with E-state index in [-0.39, 0.29) is 0 Å². The Morgan fingerprint density at radius 2 is 2.25 bits per heavy atom. The van der Waals surface area contributed by atoms with Gasteiger partial charge in [-0.1, -0.05) is 5.16 Å². The minimum atomic E-state index is 0.858. The van der Waals surface area contributed by atoms with E-state index >= 15 is 0 Å². The molecule has 12 heavy (non-hydrogen) atoms. The molecule has 0 spiro atoms. The molecular weight excluding hydrogens is 172 g/mol. The van der Waals surface area contributed by atoms with Crippen LogP contribution >= 0.6 is 11.3 Å². The molecule has 0 aliphatic heterocycles. The van der Waals surface area contributed by atoms with Crippen LogP contribution in [0.25, 0.3) is 10.4 Å². The SMILES string of the molecule is Cc1noc(C)c1-c1cncs1. The molecule has 0 saturated heterocycles. The number of hydrogen-bond acceptors (Lipinski definition) is 4. The van der Waals surface area contributed by atoms with Crippen molar-refractivity contribution >= 4 is 11.3 Å². The lowest BCUT2D eigenvalue weighted by molar-refractivity contribution is 0.393. The van der Waals surface area contributed by atoms with Gasteiger partial charge in [-0.3, -0.25) is 4.98 Å². The van der Waals surface area contributed by atoms with Gasteiger partial charge in [0, 0.05) is 6.20 Å². The van der Waals surface area contributed by atoms with E-state index in [0.717, 1.165) is 21.9 Å². The van der Waals surface area contributed by atoms with Crippen LogP contribution in [0.4, 0.5) is 0 Å². The zero-order valence-corrected chi connectivity index (χ0v) is 7.68. The molecule has 3 nitrogen and oxygen atoms in total. The summed E-state index contributed by atoms with van der Waals surface area (Å²) in [4.78, 5) is 5.13. The normalized spacial score (nSPS) is 10.5. The largest absolute Gasteiger partial charge is 0.361 e. The van der Waals surface area contributed by atoms with E-state index in [1.165, 1.54) is 0 Å². The molecule has 0 radical (unpaired) electrons. The van der Waals surface area contributed by atoms with Gasteiger partial charge in [-0.05, 0) is 13.8 Å². The topological polar surface area (TPSA) is 38.9 Å². The van der Waals surface area contributed by atoms with Crippen molar-refractivity contribution < 1.29 is 4.52 Å². The third-order valence-electron chi connectivity index (χ3n) is 1.71. The lowest BCUT2D eigenvalue weighted by atomic mass is 10.2. The first-order valence-electron chi connectivity index (χ1n) is 3.61. The molecule has 0 N–H and O–H groups in total. The maximum absolute atomic E-state index is 5.05. The van der Waals surface area contributed by atoms with Crippen molar-refractivity contribution in [2.24, 2.45) is 0 Å². The monoisotopic (exact) mass is 180 g/mol. The van der Waals surface area contributed by atoms with Gasteiger partial charge in [0.2, 0.25) is 0 Å². The van der Waals surface area contributed by atoms with E-state index < -0.39 is 0 Å². The summed E-state index contributed by atoms with van der Waals surface area (Å²) in [6.45, 7) is 3.85. The highest BCUT2D eigenvalue weighted by Crippen LogP contribution is 2.29. The molecule has 0 saturated carbocycles. The molecule has 62 valence electrons. The second-order valence-corrected chi connectivity index (χ2v) is 3.45. The molecule has 0 unspecified atom stereocenters. The second kappa shape index (κ2) is 2.71. The molecule has 2 heterocycles. The number of nitrogens with zero attached hydrogens (tertiary/aromatic N) is 2. The Bertz CT molecular complexity index is 358. The average Bonchev–Trinajstić information content (AvgIpc) is 2.61. The van der Waals surface area contributed by atoms with Gasteiger partial charge in [0.1, 0.15) is 5.76 Å². The molecule has 2 aromatic heterocycles. The minimum Gasteiger partial charge on any atom is -0.361 e. The van der Waals surface area contributed by atoms with Crippen molar-refractivity contribution in [3.8, 4) is 10.4 Å². The number of hydrogen-bond donors (Lipinski definition) is 0. The summed E-state index contributed by atoms with van der Waals surface area (Å²) < 4.78 is 5.05. The van der Waals surface area contributed by atoms with Crippen LogP contribution in [0.3, 0.4) is 0 Å². The smallest absolute Gasteiger partial charge is 0.142 e. The molecule has 0 atom stereocenters. The van der Waals surface area contributed by atoms with E-state index in [9.17, 15) is 0 Å². The highest BCUT2D eigenvalue weighted by Gasteiger charge is 2.11. The second-order valence-electron chi connectivity index (χ2n) is 2.56. The molecule has 0 aliphatic rings. The third-order valence-corrected chi connectivity index (χ3v) is 2.50. The fraction of sp³-hybridized carbons (Fsp3) is 0.250. The summed E-state index contributed by atoms with van der Waals surface area (Å²) in [5.74, 6) is 0.858. The maximum Gasteiger partial charge on any atom is 0.142 e. The van der Waals surface area contributed by atoms with Gasteiger partial charge in [-0.2, -0.15) is 0 Å². The number of thiazole rings is 1. The fourth-order valence-corrected chi connectivity index (χ4v) is 1.94. The van der Waals surface area contributed by atoms with Crippen molar-refractivity contribution in [2.75, 3.05) is 0 Å². The van der Waals surface area contributed by atoms with Gasteiger partial charge in [-0.15, -0.1) is 11.3 Å². The van der Waals surface area contributed by atoms with Gasteiger partial charge in [0.25, 0.3) is 0 Å². The predicted molar refractivity (Wildman–Crippen MR) is 47.1 cm³/mol. The third kappa shape index (κ3) is 1.04. The van der Waals surface area contributed by atoms with Crippen LogP contribution in [0.1, 0.15) is 11.5 Å². The summed E-state index contributed by atoms with van der Waals surface area (Å²) in [7, 11) is 0. The summed E-state index contributed by atoms with van der Waals surface area (Å²) in [6.07, 6.45) is 1.83. The van der Waals surface area contributed by atoms with Gasteiger partial charge in [0.15, 0.2) is 0 Å². The minimum absolute atomic E-state index is 0.858. The molecular formula is C8H8N2OS. The standard InChI is InChI=1S/C8H8N2OS/c1-5-8(6(2)11-10-5)7-3-9-4-12-7/h3-4H,1-2H3. The zero-order valence-electron chi connectivity index (χ0n) is 6.87. The number of rotatable bonds is 1. The highest BCUT2D eigenvalue weighted by atomic mass is 32.1. The summed E-state index contributed by atoms with van der Waals surface area (Å²) >= 11 is 1.60. The lowest BCUT2D eigenvalue weighted by Crippen LogP contribution is -1.76. The van der Waals surface area contributed by atoms with E-state index in [4.69, 9.17) is 4.52 Å². The van der Waals surface area contributed by atoms with Crippen LogP contribution in [-0.4, -0.2) is 10.1 Å². The van der Waals surface area contributed by atoms with Crippen molar-refractivity contribution in [3.05, 3.63) is 23.2 Å². The Morgan fingerprint density at radius 1 is 1.42 bits per heavy atom. The van der Waals surface area contributed by atoms with E-state index in [2.05, 4.69) is 10.1 Å². The van der Waals surface area contributed by atoms with Crippen LogP contribution in [-0.2, 0) is 0 Å². The Labute approximate surface area is 74.0 Å². The van der Waals surface area contributed by atoms with Crippen LogP contribution in [0, 0.1) is 13.8 Å². The molecule has 4 heteroatoms. The van der Waals surface area contributed by atoms with Gasteiger partial charge >= 0.3 is 0 Å². The Hall–Kier alpha value is -1.16. The Morgan fingerprint density at radius 3 is 2.75 bits per heavy atom. The molecule has 0 amide bonds. The van der Waals surface area contributed by atoms with E-state index in [1.807, 2.05) is 20.0 Å². The Balaban J connectivity index is 2.60. The summed E-state index contributed by atoms with van der Waals surface area (Å²) in [5.41, 5.74) is 3.82. The van der Waals surface area contributed by atoms with Crippen molar-refractivity contribution in [1.82, 2.24) is 10.1 Å². The summed E-state index contributed by atoms with van der Waals surface area (Å²) in [6, 6.07) is 0. The molecule has 0 bridgehead atoms. The van der Waals surface area contributed by atoms with E-state index in [1.54, 1.807) is 16.8 Å². The van der Waals surface area contributed by atoms with Crippen molar-refractivity contribution in [1.29, 1.82) is 0 Å². The lowest BCUT2D eigenvalue weighted by Gasteiger charge is -1.91. The Kier molecular flexibility index (Phi) is 1.69. The van der Waals surface area contributed by atoms with Crippen LogP contribution < -0.4 is 0 Å². The van der Waals surface area contributed by atoms with Gasteiger partial charge < -0.3 is 4.52 Å². The molecule has 2 rings (SSSR count). The molecule has 0 aromatic carbocycles. The first-order valence-corrected chi connectivity index (χ1v) is 4.48. The average molecular weight is 180 g/mol. The predicted octanol–water partition coefficient (Wildman–Crippen LogP) is 2.41. The van der Waals surface area contributed by atoms with Gasteiger partial charge in [0.05, 0.1) is 21.6 Å². The van der Waals surface area contributed by atoms with Crippen molar-refractivity contribution in [2.45, 2.75) is 13.8 Å². The summed E-state index contributed by atoms with van der Waals surface area (Å²) in [5, 5.41) is 3.88. The maximum atomic E-state index is 5.05. The van der Waals surface area contributed by atoms with Crippen LogP contribution in [0.5, 0.6) is 0 Å². The number of aromatic nitrogens is 2. The molecule has 2 aromatic rings. The first-order chi connectivity index (χ1) is 5.79. The number of aryl methyl sites for hydroxylation is 2. The van der Waals surface area contributed by atoms with Crippen LogP contribution in [0.15, 0.2) is 16.2 Å². The van der Waals surface area contributed by atoms with Gasteiger partial charge in [-0.25, -0.2) is 0 Å². The fourth-order valence-electron chi connectivity index (χ4n) is 1.17.